The van der Waals surface area contributed by atoms with E-state index in [9.17, 15) is 0 Å². The summed E-state index contributed by atoms with van der Waals surface area (Å²) in [6.07, 6.45) is 8.37. The fraction of sp³-hybridized carbons (Fsp3) is 0.789. The largest absolute Gasteiger partial charge is 0.368 e. The molecule has 3 atom stereocenters. The van der Waals surface area contributed by atoms with Crippen molar-refractivity contribution in [2.75, 3.05) is 0 Å². The lowest BCUT2D eigenvalue weighted by Crippen LogP contribution is -2.59. The van der Waals surface area contributed by atoms with Gasteiger partial charge in [0.2, 0.25) is 5.96 Å². The Labute approximate surface area is 134 Å². The number of hydrogen-bond donors (Lipinski definition) is 1. The summed E-state index contributed by atoms with van der Waals surface area (Å²) < 4.78 is 0. The van der Waals surface area contributed by atoms with E-state index in [0.717, 1.165) is 19.3 Å². The van der Waals surface area contributed by atoms with Crippen LogP contribution in [-0.4, -0.2) is 17.2 Å². The number of nitrogens with two attached hydrogens (primary N) is 1. The van der Waals surface area contributed by atoms with Gasteiger partial charge in [-0.25, -0.2) is 9.98 Å². The van der Waals surface area contributed by atoms with E-state index in [4.69, 9.17) is 15.7 Å². The van der Waals surface area contributed by atoms with Gasteiger partial charge in [0, 0.05) is 11.6 Å². The molecule has 2 bridgehead atoms. The molecule has 3 unspecified atom stereocenters. The molecule has 120 valence electrons. The summed E-state index contributed by atoms with van der Waals surface area (Å²) in [5.41, 5.74) is 9.90. The summed E-state index contributed by atoms with van der Waals surface area (Å²) in [6, 6.07) is 0. The van der Waals surface area contributed by atoms with Crippen molar-refractivity contribution in [2.45, 2.75) is 72.3 Å². The molecule has 3 heteroatoms. The van der Waals surface area contributed by atoms with E-state index in [1.807, 2.05) is 0 Å². The summed E-state index contributed by atoms with van der Waals surface area (Å²) in [5.74, 6) is 0.936. The predicted octanol–water partition coefficient (Wildman–Crippen LogP) is 4.09. The van der Waals surface area contributed by atoms with Gasteiger partial charge in [-0.15, -0.1) is 0 Å². The van der Waals surface area contributed by atoms with Crippen molar-refractivity contribution in [1.29, 1.82) is 0 Å². The normalized spacial score (nSPS) is 44.4. The monoisotopic (exact) mass is 299 g/mol. The number of aliphatic imine (C=N–C) groups is 2. The molecular weight excluding hydrogens is 270 g/mol. The Kier molecular flexibility index (Phi) is 2.54. The number of hydrogen-bond acceptors (Lipinski definition) is 3. The van der Waals surface area contributed by atoms with Gasteiger partial charge in [-0.1, -0.05) is 46.3 Å². The lowest BCUT2D eigenvalue weighted by atomic mass is 9.47. The number of nitrogens with zero attached hydrogens (tertiary/aromatic N) is 2. The van der Waals surface area contributed by atoms with E-state index in [0.29, 0.717) is 17.3 Å². The average Bonchev–Trinajstić information content (AvgIpc) is 2.18. The van der Waals surface area contributed by atoms with Gasteiger partial charge in [-0.3, -0.25) is 0 Å². The Bertz CT molecular complexity index is 637. The van der Waals surface area contributed by atoms with E-state index in [1.54, 1.807) is 5.57 Å². The first-order valence-electron chi connectivity index (χ1n) is 8.66. The topological polar surface area (TPSA) is 50.7 Å². The van der Waals surface area contributed by atoms with Crippen LogP contribution in [0.5, 0.6) is 0 Å². The van der Waals surface area contributed by atoms with Crippen LogP contribution >= 0.6 is 0 Å². The first kappa shape index (κ1) is 14.5. The van der Waals surface area contributed by atoms with Gasteiger partial charge in [0.15, 0.2) is 0 Å². The molecule has 0 aromatic carbocycles. The zero-order chi connectivity index (χ0) is 16.0. The van der Waals surface area contributed by atoms with E-state index in [1.165, 1.54) is 18.6 Å². The maximum atomic E-state index is 6.17. The molecule has 3 nitrogen and oxygen atoms in total. The highest BCUT2D eigenvalue weighted by atomic mass is 15.1. The molecule has 0 aromatic heterocycles. The Morgan fingerprint density at radius 1 is 1.00 bits per heavy atom. The highest BCUT2D eigenvalue weighted by molar-refractivity contribution is 6.03. The van der Waals surface area contributed by atoms with Gasteiger partial charge in [0.1, 0.15) is 0 Å². The molecule has 4 rings (SSSR count). The van der Waals surface area contributed by atoms with E-state index >= 15 is 0 Å². The highest BCUT2D eigenvalue weighted by Crippen LogP contribution is 2.63. The zero-order valence-corrected chi connectivity index (χ0v) is 14.7. The third-order valence-electron chi connectivity index (χ3n) is 6.09. The lowest BCUT2D eigenvalue weighted by molar-refractivity contribution is 0.0365. The molecule has 2 fully saturated rings. The molecule has 1 aliphatic heterocycles. The van der Waals surface area contributed by atoms with Crippen LogP contribution in [0.1, 0.15) is 66.7 Å². The number of rotatable bonds is 0. The van der Waals surface area contributed by atoms with Crippen LogP contribution in [0.15, 0.2) is 21.6 Å². The minimum absolute atomic E-state index is 0.0295. The Balaban J connectivity index is 1.93. The maximum Gasteiger partial charge on any atom is 0.215 e. The average molecular weight is 299 g/mol. The van der Waals surface area contributed by atoms with Crippen LogP contribution in [0.2, 0.25) is 0 Å². The second-order valence-corrected chi connectivity index (χ2v) is 10.2. The van der Waals surface area contributed by atoms with Crippen LogP contribution in [0.4, 0.5) is 0 Å². The van der Waals surface area contributed by atoms with Gasteiger partial charge in [0.25, 0.3) is 0 Å². The minimum Gasteiger partial charge on any atom is -0.368 e. The molecule has 0 radical (unpaired) electrons. The number of guanidine groups is 1. The Morgan fingerprint density at radius 2 is 1.73 bits per heavy atom. The van der Waals surface area contributed by atoms with Gasteiger partial charge >= 0.3 is 0 Å². The van der Waals surface area contributed by atoms with Crippen molar-refractivity contribution in [3.05, 3.63) is 11.6 Å². The first-order valence-corrected chi connectivity index (χ1v) is 8.66. The second kappa shape index (κ2) is 3.85. The SMILES string of the molecule is CC1(C)CC2=CC3(C)CC(C)(C)CC4(C3)N=C(N)N=C(C1)C24. The van der Waals surface area contributed by atoms with Gasteiger partial charge < -0.3 is 5.73 Å². The third-order valence-corrected chi connectivity index (χ3v) is 6.09. The fourth-order valence-electron chi connectivity index (χ4n) is 6.52. The van der Waals surface area contributed by atoms with Crippen molar-refractivity contribution < 1.29 is 0 Å². The van der Waals surface area contributed by atoms with Crippen molar-refractivity contribution in [1.82, 2.24) is 0 Å². The molecule has 0 aromatic rings. The zero-order valence-electron chi connectivity index (χ0n) is 14.7. The molecule has 4 aliphatic rings. The van der Waals surface area contributed by atoms with Crippen molar-refractivity contribution in [2.24, 2.45) is 37.9 Å². The lowest BCUT2D eigenvalue weighted by Gasteiger charge is -2.60. The first-order chi connectivity index (χ1) is 10.0. The van der Waals surface area contributed by atoms with Crippen molar-refractivity contribution >= 4 is 11.7 Å². The molecule has 2 saturated carbocycles. The molecule has 22 heavy (non-hydrogen) atoms. The Morgan fingerprint density at radius 3 is 2.45 bits per heavy atom. The fourth-order valence-corrected chi connectivity index (χ4v) is 6.52. The van der Waals surface area contributed by atoms with Crippen LogP contribution in [0.3, 0.4) is 0 Å². The predicted molar refractivity (Wildman–Crippen MR) is 92.1 cm³/mol. The van der Waals surface area contributed by atoms with Crippen LogP contribution in [-0.2, 0) is 0 Å². The van der Waals surface area contributed by atoms with E-state index in [-0.39, 0.29) is 16.4 Å². The molecule has 1 heterocycles. The molecule has 1 spiro atoms. The molecule has 2 N–H and O–H groups in total. The van der Waals surface area contributed by atoms with Crippen LogP contribution < -0.4 is 5.73 Å². The Hall–Kier alpha value is -1.12. The summed E-state index contributed by atoms with van der Waals surface area (Å²) in [5, 5.41) is 0. The molecule has 0 amide bonds. The standard InChI is InChI=1S/C19H29N3/c1-16(2)6-12-7-18(5)9-17(3,4)10-19(11-18)14(12)13(8-16)21-15(20)22-19/h7,14H,6,8-11H2,1-5H3,(H2,20,22). The summed E-state index contributed by atoms with van der Waals surface area (Å²) in [6.45, 7) is 11.9. The summed E-state index contributed by atoms with van der Waals surface area (Å²) >= 11 is 0. The number of fused-ring (bicyclic) bond motifs is 1. The third kappa shape index (κ3) is 2.00. The van der Waals surface area contributed by atoms with E-state index in [2.05, 4.69) is 40.7 Å². The minimum atomic E-state index is -0.0295. The summed E-state index contributed by atoms with van der Waals surface area (Å²) in [4.78, 5) is 9.69. The van der Waals surface area contributed by atoms with Crippen LogP contribution in [0.25, 0.3) is 0 Å². The van der Waals surface area contributed by atoms with Gasteiger partial charge in [-0.2, -0.15) is 0 Å². The smallest absolute Gasteiger partial charge is 0.215 e. The van der Waals surface area contributed by atoms with Gasteiger partial charge in [0.05, 0.1) is 5.54 Å². The van der Waals surface area contributed by atoms with Gasteiger partial charge in [-0.05, 0) is 48.3 Å². The summed E-state index contributed by atoms with van der Waals surface area (Å²) in [7, 11) is 0. The second-order valence-electron chi connectivity index (χ2n) is 10.2. The molecular formula is C19H29N3. The molecule has 0 saturated heterocycles. The molecule has 3 aliphatic carbocycles. The van der Waals surface area contributed by atoms with Crippen molar-refractivity contribution in [3.63, 3.8) is 0 Å². The maximum absolute atomic E-state index is 6.17. The number of allylic oxidation sites excluding steroid dienone is 1. The van der Waals surface area contributed by atoms with E-state index < -0.39 is 0 Å². The quantitative estimate of drug-likeness (QED) is 0.673. The van der Waals surface area contributed by atoms with Crippen LogP contribution in [0, 0.1) is 22.2 Å². The van der Waals surface area contributed by atoms with Crippen molar-refractivity contribution in [3.8, 4) is 0 Å². The highest BCUT2D eigenvalue weighted by Gasteiger charge is 2.60.